The van der Waals surface area contributed by atoms with Crippen molar-refractivity contribution in [2.75, 3.05) is 13.1 Å². The molecule has 0 heterocycles. The Bertz CT molecular complexity index is 215. The normalized spacial score (nSPS) is 14.1. The van der Waals surface area contributed by atoms with Gasteiger partial charge in [-0.15, -0.1) is 0 Å². The largest absolute Gasteiger partial charge is 0.480 e. The molecule has 0 saturated heterocycles. The maximum Gasteiger partial charge on any atom is 0.320 e. The average Bonchev–Trinajstić information content (AvgIpc) is 2.09. The number of hydrogen-bond donors (Lipinski definition) is 3. The van der Waals surface area contributed by atoms with Crippen molar-refractivity contribution in [2.24, 2.45) is 17.1 Å². The van der Waals surface area contributed by atoms with Crippen molar-refractivity contribution in [3.63, 3.8) is 0 Å². The van der Waals surface area contributed by atoms with E-state index < -0.39 is 12.0 Å². The molecule has 0 aliphatic rings. The third-order valence-corrected chi connectivity index (χ3v) is 2.51. The van der Waals surface area contributed by atoms with Crippen molar-refractivity contribution in [3.05, 3.63) is 0 Å². The van der Waals surface area contributed by atoms with Crippen LogP contribution in [0.1, 0.15) is 40.5 Å². The van der Waals surface area contributed by atoms with Crippen molar-refractivity contribution in [2.45, 2.75) is 46.6 Å². The number of nitrogens with one attached hydrogen (secondary N) is 1. The van der Waals surface area contributed by atoms with Gasteiger partial charge < -0.3 is 16.2 Å². The minimum atomic E-state index is -0.928. The van der Waals surface area contributed by atoms with Crippen molar-refractivity contribution in [1.29, 1.82) is 0 Å². The first-order chi connectivity index (χ1) is 7.24. The number of hydrogen-bond acceptors (Lipinski definition) is 3. The smallest absolute Gasteiger partial charge is 0.320 e. The molecule has 16 heavy (non-hydrogen) atoms. The number of carbonyl (C=O) groups is 1. The molecule has 1 unspecified atom stereocenters. The van der Waals surface area contributed by atoms with Crippen LogP contribution in [0.3, 0.4) is 0 Å². The van der Waals surface area contributed by atoms with Crippen LogP contribution in [0.5, 0.6) is 0 Å². The molecule has 0 rings (SSSR count). The molecule has 0 fully saturated rings. The molecule has 0 aromatic heterocycles. The van der Waals surface area contributed by atoms with Crippen molar-refractivity contribution in [3.8, 4) is 0 Å². The predicted octanol–water partition coefficient (Wildman–Crippen LogP) is 1.45. The van der Waals surface area contributed by atoms with Gasteiger partial charge in [0, 0.05) is 6.54 Å². The highest BCUT2D eigenvalue weighted by Crippen LogP contribution is 2.23. The second-order valence-electron chi connectivity index (χ2n) is 5.67. The van der Waals surface area contributed by atoms with Gasteiger partial charge in [-0.3, -0.25) is 4.79 Å². The molecule has 0 saturated carbocycles. The Labute approximate surface area is 98.6 Å². The van der Waals surface area contributed by atoms with Crippen LogP contribution in [-0.2, 0) is 4.79 Å². The molecule has 0 radical (unpaired) electrons. The number of rotatable bonds is 8. The second-order valence-corrected chi connectivity index (χ2v) is 5.67. The fourth-order valence-corrected chi connectivity index (χ4v) is 1.99. The highest BCUT2D eigenvalue weighted by Gasteiger charge is 2.19. The third kappa shape index (κ3) is 7.65. The average molecular weight is 230 g/mol. The van der Waals surface area contributed by atoms with E-state index >= 15 is 0 Å². The SMILES string of the molecule is CC(C)CC(C)(C)CNCCC(N)C(=O)O. The summed E-state index contributed by atoms with van der Waals surface area (Å²) in [5.74, 6) is -0.249. The minimum absolute atomic E-state index is 0.251. The summed E-state index contributed by atoms with van der Waals surface area (Å²) in [6.45, 7) is 10.4. The molecule has 1 atom stereocenters. The second kappa shape index (κ2) is 6.86. The molecule has 0 aliphatic heterocycles. The van der Waals surface area contributed by atoms with Gasteiger partial charge in [-0.25, -0.2) is 0 Å². The number of carboxylic acid groups (broad SMARTS) is 1. The molecule has 96 valence electrons. The maximum absolute atomic E-state index is 10.5. The lowest BCUT2D eigenvalue weighted by atomic mass is 9.84. The zero-order chi connectivity index (χ0) is 12.8. The van der Waals surface area contributed by atoms with Crippen LogP contribution in [0.2, 0.25) is 0 Å². The lowest BCUT2D eigenvalue weighted by Crippen LogP contribution is -2.36. The molecule has 0 aromatic rings. The standard InChI is InChI=1S/C12H26N2O2/c1-9(2)7-12(3,4)8-14-6-5-10(13)11(15)16/h9-10,14H,5-8,13H2,1-4H3,(H,15,16). The Balaban J connectivity index is 3.69. The highest BCUT2D eigenvalue weighted by molar-refractivity contribution is 5.72. The van der Waals surface area contributed by atoms with E-state index in [1.165, 1.54) is 0 Å². The number of nitrogens with two attached hydrogens (primary N) is 1. The summed E-state index contributed by atoms with van der Waals surface area (Å²) in [6, 6.07) is -0.749. The first kappa shape index (κ1) is 15.4. The molecule has 4 nitrogen and oxygen atoms in total. The van der Waals surface area contributed by atoms with Gasteiger partial charge in [0.2, 0.25) is 0 Å². The number of aliphatic carboxylic acids is 1. The van der Waals surface area contributed by atoms with Gasteiger partial charge >= 0.3 is 5.97 Å². The Morgan fingerprint density at radius 1 is 1.44 bits per heavy atom. The topological polar surface area (TPSA) is 75.3 Å². The van der Waals surface area contributed by atoms with Crippen LogP contribution in [-0.4, -0.2) is 30.2 Å². The van der Waals surface area contributed by atoms with E-state index in [1.54, 1.807) is 0 Å². The fraction of sp³-hybridized carbons (Fsp3) is 0.917. The highest BCUT2D eigenvalue weighted by atomic mass is 16.4. The monoisotopic (exact) mass is 230 g/mol. The Kier molecular flexibility index (Phi) is 6.60. The van der Waals surface area contributed by atoms with Gasteiger partial charge in [0.05, 0.1) is 0 Å². The molecule has 0 spiro atoms. The van der Waals surface area contributed by atoms with Crippen LogP contribution in [0.15, 0.2) is 0 Å². The maximum atomic E-state index is 10.5. The minimum Gasteiger partial charge on any atom is -0.480 e. The van der Waals surface area contributed by atoms with Crippen molar-refractivity contribution < 1.29 is 9.90 Å². The Morgan fingerprint density at radius 2 is 2.00 bits per heavy atom. The van der Waals surface area contributed by atoms with Crippen molar-refractivity contribution in [1.82, 2.24) is 5.32 Å². The molecular formula is C12H26N2O2. The predicted molar refractivity (Wildman–Crippen MR) is 66.3 cm³/mol. The first-order valence-corrected chi connectivity index (χ1v) is 5.94. The van der Waals surface area contributed by atoms with Crippen LogP contribution in [0, 0.1) is 11.3 Å². The van der Waals surface area contributed by atoms with Gasteiger partial charge in [0.25, 0.3) is 0 Å². The van der Waals surface area contributed by atoms with Crippen LogP contribution in [0.4, 0.5) is 0 Å². The van der Waals surface area contributed by atoms with Gasteiger partial charge in [0.1, 0.15) is 6.04 Å². The van der Waals surface area contributed by atoms with E-state index in [0.29, 0.717) is 18.9 Å². The van der Waals surface area contributed by atoms with E-state index in [4.69, 9.17) is 10.8 Å². The van der Waals surface area contributed by atoms with E-state index in [2.05, 4.69) is 33.0 Å². The Hall–Kier alpha value is -0.610. The van der Waals surface area contributed by atoms with E-state index in [-0.39, 0.29) is 5.41 Å². The zero-order valence-corrected chi connectivity index (χ0v) is 10.9. The molecule has 0 bridgehead atoms. The van der Waals surface area contributed by atoms with Crippen LogP contribution >= 0.6 is 0 Å². The third-order valence-electron chi connectivity index (χ3n) is 2.51. The van der Waals surface area contributed by atoms with E-state index in [1.807, 2.05) is 0 Å². The van der Waals surface area contributed by atoms with Gasteiger partial charge in [-0.1, -0.05) is 27.7 Å². The van der Waals surface area contributed by atoms with Crippen molar-refractivity contribution >= 4 is 5.97 Å². The molecule has 0 amide bonds. The van der Waals surface area contributed by atoms with Gasteiger partial charge in [-0.2, -0.15) is 0 Å². The molecule has 0 aliphatic carbocycles. The summed E-state index contributed by atoms with van der Waals surface area (Å²) in [7, 11) is 0. The Morgan fingerprint density at radius 3 is 2.44 bits per heavy atom. The van der Waals surface area contributed by atoms with Crippen LogP contribution < -0.4 is 11.1 Å². The molecular weight excluding hydrogens is 204 g/mol. The quantitative estimate of drug-likeness (QED) is 0.552. The number of carboxylic acids is 1. The van der Waals surface area contributed by atoms with E-state index in [9.17, 15) is 4.79 Å². The summed E-state index contributed by atoms with van der Waals surface area (Å²) in [6.07, 6.45) is 1.64. The van der Waals surface area contributed by atoms with Gasteiger partial charge in [0.15, 0.2) is 0 Å². The summed E-state index contributed by atoms with van der Waals surface area (Å²) in [4.78, 5) is 10.5. The molecule has 4 N–H and O–H groups in total. The lowest BCUT2D eigenvalue weighted by molar-refractivity contribution is -0.138. The summed E-state index contributed by atoms with van der Waals surface area (Å²) in [5, 5.41) is 11.9. The summed E-state index contributed by atoms with van der Waals surface area (Å²) < 4.78 is 0. The first-order valence-electron chi connectivity index (χ1n) is 5.94. The van der Waals surface area contributed by atoms with Crippen LogP contribution in [0.25, 0.3) is 0 Å². The lowest BCUT2D eigenvalue weighted by Gasteiger charge is -2.27. The molecule has 0 aromatic carbocycles. The summed E-state index contributed by atoms with van der Waals surface area (Å²) >= 11 is 0. The fourth-order valence-electron chi connectivity index (χ4n) is 1.99. The van der Waals surface area contributed by atoms with E-state index in [0.717, 1.165) is 13.0 Å². The van der Waals surface area contributed by atoms with Gasteiger partial charge in [-0.05, 0) is 30.7 Å². The summed E-state index contributed by atoms with van der Waals surface area (Å²) in [5.41, 5.74) is 5.66. The molecule has 4 heteroatoms. The zero-order valence-electron chi connectivity index (χ0n) is 10.9.